The van der Waals surface area contributed by atoms with Crippen LogP contribution in [0.25, 0.3) is 0 Å². The maximum Gasteiger partial charge on any atom is 0.170 e. The summed E-state index contributed by atoms with van der Waals surface area (Å²) in [5.74, 6) is -0.423. The fourth-order valence-electron chi connectivity index (χ4n) is 1.13. The monoisotopic (exact) mass is 222 g/mol. The summed E-state index contributed by atoms with van der Waals surface area (Å²) in [4.78, 5) is 18.0. The first-order chi connectivity index (χ1) is 7.28. The Balaban J connectivity index is 2.28. The number of aromatic nitrogens is 2. The van der Waals surface area contributed by atoms with Gasteiger partial charge in [0.1, 0.15) is 12.1 Å². The van der Waals surface area contributed by atoms with Crippen molar-refractivity contribution in [3.05, 3.63) is 42.0 Å². The lowest BCUT2D eigenvalue weighted by atomic mass is 10.2. The fraction of sp³-hybridized carbons (Fsp3) is 0. The Bertz CT molecular complexity index is 470. The third-order valence-electron chi connectivity index (χ3n) is 1.72. The van der Waals surface area contributed by atoms with Crippen LogP contribution in [-0.4, -0.2) is 16.3 Å². The molecule has 1 aromatic heterocycles. The molecule has 0 fully saturated rings. The second-order valence-electron chi connectivity index (χ2n) is 2.83. The third kappa shape index (κ3) is 2.44. The number of nitrogens with zero attached hydrogens (tertiary/aromatic N) is 1. The largest absolute Gasteiger partial charge is 0.339 e. The number of carbonyl (C=O) groups is 1. The molecule has 0 amide bonds. The number of nitrogens with one attached hydrogen (secondary N) is 1. The van der Waals surface area contributed by atoms with E-state index < -0.39 is 5.82 Å². The number of halogens is 1. The first-order valence-corrected chi connectivity index (χ1v) is 5.02. The molecule has 3 nitrogen and oxygen atoms in total. The maximum atomic E-state index is 13.0. The van der Waals surface area contributed by atoms with Gasteiger partial charge in [-0.2, -0.15) is 0 Å². The molecule has 0 aliphatic carbocycles. The van der Waals surface area contributed by atoms with Gasteiger partial charge < -0.3 is 4.98 Å². The summed E-state index contributed by atoms with van der Waals surface area (Å²) in [6, 6.07) is 4.17. The molecular formula is C10H7FN2OS. The second-order valence-corrected chi connectivity index (χ2v) is 3.90. The summed E-state index contributed by atoms with van der Waals surface area (Å²) < 4.78 is 13.0. The normalized spacial score (nSPS) is 10.2. The van der Waals surface area contributed by atoms with Crippen LogP contribution in [-0.2, 0) is 0 Å². The molecule has 2 aromatic rings. The van der Waals surface area contributed by atoms with Gasteiger partial charge in [0.05, 0.1) is 0 Å². The molecule has 1 heterocycles. The molecule has 0 saturated carbocycles. The van der Waals surface area contributed by atoms with Crippen molar-refractivity contribution in [1.82, 2.24) is 9.97 Å². The zero-order valence-electron chi connectivity index (χ0n) is 7.61. The summed E-state index contributed by atoms with van der Waals surface area (Å²) in [6.07, 6.45) is 3.92. The number of H-pyrrole nitrogens is 1. The first kappa shape index (κ1) is 9.92. The van der Waals surface area contributed by atoms with Crippen molar-refractivity contribution < 1.29 is 9.18 Å². The smallest absolute Gasteiger partial charge is 0.170 e. The molecule has 1 N–H and O–H groups in total. The minimum absolute atomic E-state index is 0.323. The van der Waals surface area contributed by atoms with Crippen molar-refractivity contribution in [2.24, 2.45) is 0 Å². The number of carbonyl (C=O) groups excluding carboxylic acids is 1. The summed E-state index contributed by atoms with van der Waals surface area (Å²) >= 11 is 1.27. The average Bonchev–Trinajstić information content (AvgIpc) is 2.69. The van der Waals surface area contributed by atoms with Gasteiger partial charge >= 0.3 is 0 Å². The van der Waals surface area contributed by atoms with Crippen LogP contribution in [0.1, 0.15) is 10.4 Å². The molecule has 0 bridgehead atoms. The highest BCUT2D eigenvalue weighted by Crippen LogP contribution is 2.25. The molecule has 2 rings (SSSR count). The zero-order valence-corrected chi connectivity index (χ0v) is 8.42. The van der Waals surface area contributed by atoms with Crippen LogP contribution in [0.5, 0.6) is 0 Å². The Morgan fingerprint density at radius 1 is 1.40 bits per heavy atom. The van der Waals surface area contributed by atoms with E-state index >= 15 is 0 Å². The Hall–Kier alpha value is -1.62. The Kier molecular flexibility index (Phi) is 2.82. The van der Waals surface area contributed by atoms with Gasteiger partial charge in [0, 0.05) is 22.9 Å². The van der Waals surface area contributed by atoms with Gasteiger partial charge in [0.15, 0.2) is 5.16 Å². The van der Waals surface area contributed by atoms with Crippen LogP contribution in [0.15, 0.2) is 40.6 Å². The lowest BCUT2D eigenvalue weighted by molar-refractivity contribution is 0.112. The van der Waals surface area contributed by atoms with Crippen LogP contribution in [0.3, 0.4) is 0 Å². The summed E-state index contributed by atoms with van der Waals surface area (Å²) in [6.45, 7) is 0. The van der Waals surface area contributed by atoms with E-state index in [0.717, 1.165) is 0 Å². The molecule has 0 spiro atoms. The van der Waals surface area contributed by atoms with Crippen molar-refractivity contribution in [1.29, 1.82) is 0 Å². The van der Waals surface area contributed by atoms with Gasteiger partial charge in [-0.15, -0.1) is 0 Å². The Morgan fingerprint density at radius 2 is 2.27 bits per heavy atom. The number of benzene rings is 1. The van der Waals surface area contributed by atoms with Crippen molar-refractivity contribution in [3.63, 3.8) is 0 Å². The van der Waals surface area contributed by atoms with Crippen molar-refractivity contribution in [2.45, 2.75) is 10.1 Å². The second kappa shape index (κ2) is 4.27. The summed E-state index contributed by atoms with van der Waals surface area (Å²) in [7, 11) is 0. The van der Waals surface area contributed by atoms with Gasteiger partial charge in [-0.1, -0.05) is 11.8 Å². The fourth-order valence-corrected chi connectivity index (χ4v) is 1.96. The van der Waals surface area contributed by atoms with Crippen LogP contribution in [0.4, 0.5) is 4.39 Å². The molecule has 76 valence electrons. The molecule has 0 unspecified atom stereocenters. The van der Waals surface area contributed by atoms with E-state index in [9.17, 15) is 9.18 Å². The van der Waals surface area contributed by atoms with Gasteiger partial charge in [-0.3, -0.25) is 4.79 Å². The van der Waals surface area contributed by atoms with Gasteiger partial charge in [0.25, 0.3) is 0 Å². The van der Waals surface area contributed by atoms with E-state index in [4.69, 9.17) is 0 Å². The topological polar surface area (TPSA) is 45.8 Å². The van der Waals surface area contributed by atoms with Crippen molar-refractivity contribution in [2.75, 3.05) is 0 Å². The van der Waals surface area contributed by atoms with E-state index in [2.05, 4.69) is 9.97 Å². The predicted octanol–water partition coefficient (Wildman–Crippen LogP) is 2.51. The maximum absolute atomic E-state index is 13.0. The SMILES string of the molecule is O=Cc1cc(F)cc(Sc2ncc[nH]2)c1. The van der Waals surface area contributed by atoms with Crippen molar-refractivity contribution in [3.8, 4) is 0 Å². The quantitative estimate of drug-likeness (QED) is 0.811. The summed E-state index contributed by atoms with van der Waals surface area (Å²) in [5.41, 5.74) is 0.323. The van der Waals surface area contributed by atoms with E-state index in [1.807, 2.05) is 0 Å². The predicted molar refractivity (Wildman–Crippen MR) is 54.5 cm³/mol. The highest BCUT2D eigenvalue weighted by Gasteiger charge is 2.03. The van der Waals surface area contributed by atoms with Gasteiger partial charge in [-0.25, -0.2) is 9.37 Å². The van der Waals surface area contributed by atoms with Gasteiger partial charge in [0.2, 0.25) is 0 Å². The molecule has 1 aromatic carbocycles. The minimum atomic E-state index is -0.423. The van der Waals surface area contributed by atoms with Gasteiger partial charge in [-0.05, 0) is 18.2 Å². The number of hydrogen-bond donors (Lipinski definition) is 1. The highest BCUT2D eigenvalue weighted by molar-refractivity contribution is 7.99. The molecule has 0 aliphatic rings. The Morgan fingerprint density at radius 3 is 2.93 bits per heavy atom. The lowest BCUT2D eigenvalue weighted by Crippen LogP contribution is -1.85. The van der Waals surface area contributed by atoms with Crippen LogP contribution in [0, 0.1) is 5.82 Å². The van der Waals surface area contributed by atoms with E-state index in [1.165, 1.54) is 23.9 Å². The van der Waals surface area contributed by atoms with E-state index in [0.29, 0.717) is 21.9 Å². The minimum Gasteiger partial charge on any atom is -0.339 e. The highest BCUT2D eigenvalue weighted by atomic mass is 32.2. The molecule has 0 radical (unpaired) electrons. The molecule has 0 saturated heterocycles. The molecule has 5 heteroatoms. The number of hydrogen-bond acceptors (Lipinski definition) is 3. The molecule has 0 aliphatic heterocycles. The standard InChI is InChI=1S/C10H7FN2OS/c11-8-3-7(6-14)4-9(5-8)15-10-12-1-2-13-10/h1-6H,(H,12,13). The zero-order chi connectivity index (χ0) is 10.7. The number of rotatable bonds is 3. The van der Waals surface area contributed by atoms with Crippen LogP contribution in [0.2, 0.25) is 0 Å². The number of aromatic amines is 1. The number of aldehydes is 1. The summed E-state index contributed by atoms with van der Waals surface area (Å²) in [5, 5.41) is 0.664. The van der Waals surface area contributed by atoms with Crippen LogP contribution < -0.4 is 0 Å². The molecular weight excluding hydrogens is 215 g/mol. The van der Waals surface area contributed by atoms with Crippen molar-refractivity contribution >= 4 is 18.0 Å². The molecule has 0 atom stereocenters. The average molecular weight is 222 g/mol. The van der Waals surface area contributed by atoms with E-state index in [-0.39, 0.29) is 0 Å². The van der Waals surface area contributed by atoms with E-state index in [1.54, 1.807) is 18.5 Å². The Labute approximate surface area is 89.7 Å². The van der Waals surface area contributed by atoms with Crippen LogP contribution >= 0.6 is 11.8 Å². The third-order valence-corrected chi connectivity index (χ3v) is 2.61. The number of imidazole rings is 1. The first-order valence-electron chi connectivity index (χ1n) is 4.21. The lowest BCUT2D eigenvalue weighted by Gasteiger charge is -1.99. The molecule has 15 heavy (non-hydrogen) atoms.